The Hall–Kier alpha value is -3.15. The lowest BCUT2D eigenvalue weighted by atomic mass is 10.2. The smallest absolute Gasteiger partial charge is 0.272 e. The molecule has 6 heteroatoms. The van der Waals surface area contributed by atoms with Gasteiger partial charge in [-0.3, -0.25) is 9.59 Å². The topological polar surface area (TPSA) is 75.5 Å². The number of anilines is 1. The van der Waals surface area contributed by atoms with Gasteiger partial charge in [-0.1, -0.05) is 23.8 Å². The summed E-state index contributed by atoms with van der Waals surface area (Å²) in [6.07, 6.45) is 1.76. The van der Waals surface area contributed by atoms with Crippen LogP contribution in [0, 0.1) is 6.92 Å². The van der Waals surface area contributed by atoms with Crippen LogP contribution in [0.5, 0.6) is 0 Å². The fourth-order valence-electron chi connectivity index (χ4n) is 2.14. The first-order valence-electron chi connectivity index (χ1n) is 7.21. The molecule has 6 nitrogen and oxygen atoms in total. The van der Waals surface area contributed by atoms with Crippen molar-refractivity contribution in [1.82, 2.24) is 14.9 Å². The Morgan fingerprint density at radius 3 is 2.65 bits per heavy atom. The Labute approximate surface area is 133 Å². The monoisotopic (exact) mass is 308 g/mol. The van der Waals surface area contributed by atoms with Crippen LogP contribution in [-0.2, 0) is 4.79 Å². The van der Waals surface area contributed by atoms with E-state index in [4.69, 9.17) is 0 Å². The molecule has 2 N–H and O–H groups in total. The maximum Gasteiger partial charge on any atom is 0.272 e. The van der Waals surface area contributed by atoms with E-state index in [0.717, 1.165) is 11.1 Å². The molecule has 3 rings (SSSR count). The number of fused-ring (bicyclic) bond motifs is 1. The van der Waals surface area contributed by atoms with Crippen LogP contribution in [0.25, 0.3) is 5.52 Å². The highest BCUT2D eigenvalue weighted by atomic mass is 16.2. The molecular weight excluding hydrogens is 292 g/mol. The average Bonchev–Trinajstić information content (AvgIpc) is 2.99. The van der Waals surface area contributed by atoms with E-state index < -0.39 is 0 Å². The minimum absolute atomic E-state index is 0.111. The van der Waals surface area contributed by atoms with Crippen molar-refractivity contribution in [2.75, 3.05) is 11.9 Å². The zero-order valence-corrected chi connectivity index (χ0v) is 12.6. The highest BCUT2D eigenvalue weighted by Gasteiger charge is 2.12. The normalized spacial score (nSPS) is 10.5. The number of hydrogen-bond donors (Lipinski definition) is 2. The second kappa shape index (κ2) is 6.31. The highest BCUT2D eigenvalue weighted by molar-refractivity contribution is 5.98. The molecule has 0 aliphatic rings. The molecule has 0 bridgehead atoms. The molecule has 0 unspecified atom stereocenters. The molecule has 0 aliphatic carbocycles. The molecule has 116 valence electrons. The van der Waals surface area contributed by atoms with Crippen molar-refractivity contribution in [3.63, 3.8) is 0 Å². The third kappa shape index (κ3) is 3.55. The predicted octanol–water partition coefficient (Wildman–Crippen LogP) is 2.01. The molecule has 0 spiro atoms. The Balaban J connectivity index is 1.57. The summed E-state index contributed by atoms with van der Waals surface area (Å²) in [4.78, 5) is 23.9. The molecule has 1 aromatic carbocycles. The fraction of sp³-hybridized carbons (Fsp3) is 0.118. The second-order valence-electron chi connectivity index (χ2n) is 5.20. The number of carbonyl (C=O) groups excluding carboxylic acids is 2. The number of hydrogen-bond acceptors (Lipinski definition) is 3. The van der Waals surface area contributed by atoms with E-state index in [9.17, 15) is 9.59 Å². The van der Waals surface area contributed by atoms with Crippen LogP contribution >= 0.6 is 0 Å². The number of nitrogens with one attached hydrogen (secondary N) is 2. The van der Waals surface area contributed by atoms with E-state index in [-0.39, 0.29) is 24.1 Å². The first-order valence-corrected chi connectivity index (χ1v) is 7.21. The number of rotatable bonds is 4. The standard InChI is InChI=1S/C17H16N4O2/c1-12-5-7-13(8-6-12)19-16(22)11-18-17(23)15-10-14-4-2-3-9-21(14)20-15/h2-10H,11H2,1H3,(H,18,23)(H,19,22). The summed E-state index contributed by atoms with van der Waals surface area (Å²) < 4.78 is 1.61. The van der Waals surface area contributed by atoms with Crippen LogP contribution < -0.4 is 10.6 Å². The zero-order valence-electron chi connectivity index (χ0n) is 12.6. The Morgan fingerprint density at radius 2 is 1.91 bits per heavy atom. The number of aromatic nitrogens is 2. The summed E-state index contributed by atoms with van der Waals surface area (Å²) in [7, 11) is 0. The number of amides is 2. The molecule has 2 aromatic heterocycles. The van der Waals surface area contributed by atoms with Crippen LogP contribution in [-0.4, -0.2) is 28.0 Å². The van der Waals surface area contributed by atoms with Gasteiger partial charge in [0.15, 0.2) is 5.69 Å². The first kappa shape index (κ1) is 14.8. The summed E-state index contributed by atoms with van der Waals surface area (Å²) in [6, 6.07) is 14.7. The van der Waals surface area contributed by atoms with Crippen LogP contribution in [0.15, 0.2) is 54.7 Å². The van der Waals surface area contributed by atoms with Gasteiger partial charge in [-0.05, 0) is 37.3 Å². The largest absolute Gasteiger partial charge is 0.342 e. The minimum Gasteiger partial charge on any atom is -0.342 e. The fourth-order valence-corrected chi connectivity index (χ4v) is 2.14. The van der Waals surface area contributed by atoms with Crippen molar-refractivity contribution in [3.05, 3.63) is 66.0 Å². The van der Waals surface area contributed by atoms with Gasteiger partial charge in [-0.15, -0.1) is 0 Å². The molecular formula is C17H16N4O2. The lowest BCUT2D eigenvalue weighted by molar-refractivity contribution is -0.115. The van der Waals surface area contributed by atoms with Crippen molar-refractivity contribution in [3.8, 4) is 0 Å². The lowest BCUT2D eigenvalue weighted by Crippen LogP contribution is -2.33. The zero-order chi connectivity index (χ0) is 16.2. The number of pyridine rings is 1. The summed E-state index contributed by atoms with van der Waals surface area (Å²) in [5.41, 5.74) is 2.91. The number of carbonyl (C=O) groups is 2. The van der Waals surface area contributed by atoms with E-state index >= 15 is 0 Å². The molecule has 0 fully saturated rings. The quantitative estimate of drug-likeness (QED) is 0.774. The molecule has 0 atom stereocenters. The predicted molar refractivity (Wildman–Crippen MR) is 87.3 cm³/mol. The Morgan fingerprint density at radius 1 is 1.13 bits per heavy atom. The van der Waals surface area contributed by atoms with Gasteiger partial charge in [-0.25, -0.2) is 4.52 Å². The number of nitrogens with zero attached hydrogens (tertiary/aromatic N) is 2. The van der Waals surface area contributed by atoms with Gasteiger partial charge >= 0.3 is 0 Å². The van der Waals surface area contributed by atoms with Gasteiger partial charge < -0.3 is 10.6 Å². The molecule has 0 saturated carbocycles. The molecule has 2 heterocycles. The van der Waals surface area contributed by atoms with Crippen molar-refractivity contribution >= 4 is 23.0 Å². The van der Waals surface area contributed by atoms with Gasteiger partial charge in [-0.2, -0.15) is 5.10 Å². The van der Waals surface area contributed by atoms with Crippen molar-refractivity contribution in [2.45, 2.75) is 6.92 Å². The molecule has 0 saturated heterocycles. The summed E-state index contributed by atoms with van der Waals surface area (Å²) in [6.45, 7) is 1.86. The van der Waals surface area contributed by atoms with Gasteiger partial charge in [0, 0.05) is 11.9 Å². The molecule has 23 heavy (non-hydrogen) atoms. The number of aryl methyl sites for hydroxylation is 1. The Kier molecular flexibility index (Phi) is 4.05. The molecule has 2 amide bonds. The van der Waals surface area contributed by atoms with Crippen molar-refractivity contribution in [1.29, 1.82) is 0 Å². The Bertz CT molecular complexity index is 819. The lowest BCUT2D eigenvalue weighted by Gasteiger charge is -2.06. The van der Waals surface area contributed by atoms with Crippen LogP contribution in [0.1, 0.15) is 16.1 Å². The number of benzene rings is 1. The average molecular weight is 308 g/mol. The maximum absolute atomic E-state index is 12.0. The van der Waals surface area contributed by atoms with E-state index in [2.05, 4.69) is 15.7 Å². The third-order valence-electron chi connectivity index (χ3n) is 3.35. The van der Waals surface area contributed by atoms with Crippen molar-refractivity contribution in [2.24, 2.45) is 0 Å². The maximum atomic E-state index is 12.0. The van der Waals surface area contributed by atoms with E-state index in [1.165, 1.54) is 0 Å². The van der Waals surface area contributed by atoms with Crippen LogP contribution in [0.2, 0.25) is 0 Å². The van der Waals surface area contributed by atoms with Gasteiger partial charge in [0.1, 0.15) is 0 Å². The summed E-state index contributed by atoms with van der Waals surface area (Å²) in [5, 5.41) is 9.44. The second-order valence-corrected chi connectivity index (χ2v) is 5.20. The van der Waals surface area contributed by atoms with E-state index in [1.54, 1.807) is 16.8 Å². The first-order chi connectivity index (χ1) is 11.1. The van der Waals surface area contributed by atoms with Gasteiger partial charge in [0.05, 0.1) is 12.1 Å². The summed E-state index contributed by atoms with van der Waals surface area (Å²) in [5.74, 6) is -0.668. The third-order valence-corrected chi connectivity index (χ3v) is 3.35. The molecule has 3 aromatic rings. The SMILES string of the molecule is Cc1ccc(NC(=O)CNC(=O)c2cc3ccccn3n2)cc1. The molecule has 0 radical (unpaired) electrons. The van der Waals surface area contributed by atoms with E-state index in [0.29, 0.717) is 5.69 Å². The highest BCUT2D eigenvalue weighted by Crippen LogP contribution is 2.08. The van der Waals surface area contributed by atoms with E-state index in [1.807, 2.05) is 49.4 Å². The minimum atomic E-state index is -0.382. The van der Waals surface area contributed by atoms with Crippen LogP contribution in [0.3, 0.4) is 0 Å². The van der Waals surface area contributed by atoms with Gasteiger partial charge in [0.25, 0.3) is 5.91 Å². The van der Waals surface area contributed by atoms with Crippen LogP contribution in [0.4, 0.5) is 5.69 Å². The van der Waals surface area contributed by atoms with Crippen molar-refractivity contribution < 1.29 is 9.59 Å². The summed E-state index contributed by atoms with van der Waals surface area (Å²) >= 11 is 0. The molecule has 0 aliphatic heterocycles. The van der Waals surface area contributed by atoms with Gasteiger partial charge in [0.2, 0.25) is 5.91 Å².